The highest BCUT2D eigenvalue weighted by Crippen LogP contribution is 2.24. The van der Waals surface area contributed by atoms with E-state index in [0.717, 1.165) is 18.8 Å². The molecule has 2 aromatic rings. The molecule has 0 saturated heterocycles. The third-order valence-electron chi connectivity index (χ3n) is 4.00. The number of likely N-dealkylation sites (N-methyl/N-ethyl adjacent to an activating group) is 1. The van der Waals surface area contributed by atoms with E-state index in [4.69, 9.17) is 10.2 Å². The van der Waals surface area contributed by atoms with Gasteiger partial charge in [-0.05, 0) is 35.7 Å². The number of hydrogen-bond acceptors (Lipinski definition) is 3. The van der Waals surface area contributed by atoms with Crippen LogP contribution in [0.5, 0.6) is 0 Å². The maximum absolute atomic E-state index is 6.04. The zero-order valence-corrected chi connectivity index (χ0v) is 13.3. The minimum Gasteiger partial charge on any atom is -0.468 e. The lowest BCUT2D eigenvalue weighted by atomic mass is 9.98. The van der Waals surface area contributed by atoms with Crippen molar-refractivity contribution in [3.8, 4) is 0 Å². The van der Waals surface area contributed by atoms with Gasteiger partial charge in [0.15, 0.2) is 0 Å². The molecular weight excluding hydrogens is 260 g/mol. The SMILES string of the molecule is CCN(Cc1ccco1)C(CN)c1ccc(C(C)C)cc1. The average Bonchev–Trinajstić information content (AvgIpc) is 3.00. The first-order valence-corrected chi connectivity index (χ1v) is 7.72. The quantitative estimate of drug-likeness (QED) is 0.838. The van der Waals surface area contributed by atoms with Crippen molar-refractivity contribution in [2.24, 2.45) is 5.73 Å². The van der Waals surface area contributed by atoms with E-state index in [-0.39, 0.29) is 6.04 Å². The van der Waals surface area contributed by atoms with Crippen LogP contribution >= 0.6 is 0 Å². The molecule has 3 nitrogen and oxygen atoms in total. The lowest BCUT2D eigenvalue weighted by Gasteiger charge is -2.29. The summed E-state index contributed by atoms with van der Waals surface area (Å²) in [6.45, 7) is 8.92. The fourth-order valence-corrected chi connectivity index (χ4v) is 2.64. The summed E-state index contributed by atoms with van der Waals surface area (Å²) in [6, 6.07) is 13.0. The fourth-order valence-electron chi connectivity index (χ4n) is 2.64. The number of furan rings is 1. The van der Waals surface area contributed by atoms with E-state index in [0.29, 0.717) is 12.5 Å². The minimum absolute atomic E-state index is 0.223. The van der Waals surface area contributed by atoms with Crippen molar-refractivity contribution < 1.29 is 4.42 Å². The van der Waals surface area contributed by atoms with Crippen LogP contribution in [-0.2, 0) is 6.54 Å². The van der Waals surface area contributed by atoms with Crippen molar-refractivity contribution in [1.29, 1.82) is 0 Å². The van der Waals surface area contributed by atoms with Gasteiger partial charge < -0.3 is 10.2 Å². The molecule has 2 N–H and O–H groups in total. The van der Waals surface area contributed by atoms with Crippen molar-refractivity contribution in [2.75, 3.05) is 13.1 Å². The Morgan fingerprint density at radius 3 is 2.24 bits per heavy atom. The first-order chi connectivity index (χ1) is 10.2. The van der Waals surface area contributed by atoms with Gasteiger partial charge in [-0.25, -0.2) is 0 Å². The van der Waals surface area contributed by atoms with Crippen molar-refractivity contribution in [3.05, 3.63) is 59.5 Å². The molecule has 0 fully saturated rings. The van der Waals surface area contributed by atoms with Crippen LogP contribution < -0.4 is 5.73 Å². The van der Waals surface area contributed by atoms with Crippen LogP contribution in [0, 0.1) is 0 Å². The van der Waals surface area contributed by atoms with E-state index >= 15 is 0 Å². The number of rotatable bonds is 7. The first kappa shape index (κ1) is 15.8. The van der Waals surface area contributed by atoms with Crippen LogP contribution in [0.3, 0.4) is 0 Å². The second-order valence-electron chi connectivity index (χ2n) is 5.72. The number of hydrogen-bond donors (Lipinski definition) is 1. The summed E-state index contributed by atoms with van der Waals surface area (Å²) in [5.41, 5.74) is 8.67. The highest BCUT2D eigenvalue weighted by atomic mass is 16.3. The van der Waals surface area contributed by atoms with Gasteiger partial charge in [-0.15, -0.1) is 0 Å². The van der Waals surface area contributed by atoms with Crippen molar-refractivity contribution in [1.82, 2.24) is 4.90 Å². The highest BCUT2D eigenvalue weighted by molar-refractivity contribution is 5.27. The lowest BCUT2D eigenvalue weighted by molar-refractivity contribution is 0.188. The molecule has 21 heavy (non-hydrogen) atoms. The summed E-state index contributed by atoms with van der Waals surface area (Å²) >= 11 is 0. The third-order valence-corrected chi connectivity index (χ3v) is 4.00. The number of nitrogens with zero attached hydrogens (tertiary/aromatic N) is 1. The molecule has 1 aromatic carbocycles. The number of benzene rings is 1. The fraction of sp³-hybridized carbons (Fsp3) is 0.444. The Labute approximate surface area is 127 Å². The smallest absolute Gasteiger partial charge is 0.117 e. The van der Waals surface area contributed by atoms with E-state index in [9.17, 15) is 0 Å². The summed E-state index contributed by atoms with van der Waals surface area (Å²) in [5, 5.41) is 0. The van der Waals surface area contributed by atoms with Gasteiger partial charge in [0.1, 0.15) is 5.76 Å². The molecule has 3 heteroatoms. The number of nitrogens with two attached hydrogens (primary N) is 1. The molecule has 1 aromatic heterocycles. The molecule has 2 rings (SSSR count). The molecule has 1 unspecified atom stereocenters. The second-order valence-corrected chi connectivity index (χ2v) is 5.72. The van der Waals surface area contributed by atoms with Gasteiger partial charge in [0.25, 0.3) is 0 Å². The first-order valence-electron chi connectivity index (χ1n) is 7.72. The van der Waals surface area contributed by atoms with Gasteiger partial charge in [-0.1, -0.05) is 45.0 Å². The van der Waals surface area contributed by atoms with E-state index in [1.165, 1.54) is 11.1 Å². The van der Waals surface area contributed by atoms with E-state index in [2.05, 4.69) is 49.9 Å². The molecular formula is C18H26N2O. The second kappa shape index (κ2) is 7.43. The maximum atomic E-state index is 6.04. The van der Waals surface area contributed by atoms with Crippen LogP contribution in [0.1, 0.15) is 49.6 Å². The molecule has 0 amide bonds. The predicted octanol–water partition coefficient (Wildman–Crippen LogP) is 3.92. The van der Waals surface area contributed by atoms with Gasteiger partial charge in [0, 0.05) is 12.6 Å². The van der Waals surface area contributed by atoms with Crippen LogP contribution in [-0.4, -0.2) is 18.0 Å². The molecule has 0 aliphatic rings. The van der Waals surface area contributed by atoms with Crippen LogP contribution in [0.2, 0.25) is 0 Å². The molecule has 0 saturated carbocycles. The van der Waals surface area contributed by atoms with Gasteiger partial charge in [-0.3, -0.25) is 4.90 Å². The largest absolute Gasteiger partial charge is 0.468 e. The summed E-state index contributed by atoms with van der Waals surface area (Å²) in [7, 11) is 0. The molecule has 0 aliphatic carbocycles. The monoisotopic (exact) mass is 286 g/mol. The summed E-state index contributed by atoms with van der Waals surface area (Å²) < 4.78 is 5.46. The standard InChI is InChI=1S/C18H26N2O/c1-4-20(13-17-6-5-11-21-17)18(12-19)16-9-7-15(8-10-16)14(2)3/h5-11,14,18H,4,12-13,19H2,1-3H3. The molecule has 114 valence electrons. The molecule has 1 heterocycles. The van der Waals surface area contributed by atoms with Crippen LogP contribution in [0.4, 0.5) is 0 Å². The Morgan fingerprint density at radius 2 is 1.76 bits per heavy atom. The van der Waals surface area contributed by atoms with Gasteiger partial charge >= 0.3 is 0 Å². The maximum Gasteiger partial charge on any atom is 0.117 e. The predicted molar refractivity (Wildman–Crippen MR) is 87.1 cm³/mol. The van der Waals surface area contributed by atoms with E-state index in [1.54, 1.807) is 6.26 Å². The van der Waals surface area contributed by atoms with E-state index < -0.39 is 0 Å². The lowest BCUT2D eigenvalue weighted by Crippen LogP contribution is -2.33. The summed E-state index contributed by atoms with van der Waals surface area (Å²) in [5.74, 6) is 1.54. The summed E-state index contributed by atoms with van der Waals surface area (Å²) in [6.07, 6.45) is 1.72. The van der Waals surface area contributed by atoms with Crippen LogP contribution in [0.15, 0.2) is 47.1 Å². The Kier molecular flexibility index (Phi) is 5.59. The van der Waals surface area contributed by atoms with Crippen molar-refractivity contribution in [2.45, 2.75) is 39.3 Å². The third kappa shape index (κ3) is 3.96. The van der Waals surface area contributed by atoms with Gasteiger partial charge in [0.05, 0.1) is 12.8 Å². The zero-order valence-electron chi connectivity index (χ0n) is 13.3. The van der Waals surface area contributed by atoms with E-state index in [1.807, 2.05) is 12.1 Å². The molecule has 0 aliphatic heterocycles. The molecule has 0 bridgehead atoms. The van der Waals surface area contributed by atoms with Gasteiger partial charge in [-0.2, -0.15) is 0 Å². The molecule has 0 radical (unpaired) electrons. The Bertz CT molecular complexity index is 517. The molecule has 1 atom stereocenters. The average molecular weight is 286 g/mol. The normalized spacial score (nSPS) is 13.0. The van der Waals surface area contributed by atoms with Gasteiger partial charge in [0.2, 0.25) is 0 Å². The minimum atomic E-state index is 0.223. The zero-order chi connectivity index (χ0) is 15.2. The Hall–Kier alpha value is -1.58. The Balaban J connectivity index is 2.16. The van der Waals surface area contributed by atoms with Crippen molar-refractivity contribution in [3.63, 3.8) is 0 Å². The highest BCUT2D eigenvalue weighted by Gasteiger charge is 2.19. The topological polar surface area (TPSA) is 42.4 Å². The molecule has 0 spiro atoms. The summed E-state index contributed by atoms with van der Waals surface area (Å²) in [4.78, 5) is 2.35. The van der Waals surface area contributed by atoms with Crippen LogP contribution in [0.25, 0.3) is 0 Å². The van der Waals surface area contributed by atoms with Crippen molar-refractivity contribution >= 4 is 0 Å². The Morgan fingerprint density at radius 1 is 1.10 bits per heavy atom.